The Morgan fingerprint density at radius 3 is 2.26 bits per heavy atom. The minimum Gasteiger partial charge on any atom is -0.475 e. The van der Waals surface area contributed by atoms with Crippen LogP contribution in [0.1, 0.15) is 17.2 Å². The van der Waals surface area contributed by atoms with E-state index in [1.54, 1.807) is 48.5 Å². The third kappa shape index (κ3) is 2.68. The summed E-state index contributed by atoms with van der Waals surface area (Å²) in [7, 11) is 0. The molecule has 0 fully saturated rings. The molecule has 1 aliphatic heterocycles. The summed E-state index contributed by atoms with van der Waals surface area (Å²) in [6.45, 7) is 0. The van der Waals surface area contributed by atoms with Crippen LogP contribution >= 0.6 is 0 Å². The topological polar surface area (TPSA) is 59.0 Å². The number of benzene rings is 3. The van der Waals surface area contributed by atoms with Crippen molar-refractivity contribution in [1.29, 1.82) is 5.26 Å². The number of halogens is 3. The first-order chi connectivity index (χ1) is 12.9. The van der Waals surface area contributed by atoms with Gasteiger partial charge in [-0.2, -0.15) is 18.4 Å². The third-order valence-electron chi connectivity index (χ3n) is 4.59. The molecule has 3 aromatic rings. The molecule has 1 heterocycles. The lowest BCUT2D eigenvalue weighted by Crippen LogP contribution is -2.30. The van der Waals surface area contributed by atoms with E-state index >= 15 is 0 Å². The van der Waals surface area contributed by atoms with Crippen molar-refractivity contribution in [2.24, 2.45) is 0 Å². The predicted molar refractivity (Wildman–Crippen MR) is 95.9 cm³/mol. The fourth-order valence-electron chi connectivity index (χ4n) is 3.40. The van der Waals surface area contributed by atoms with Gasteiger partial charge in [0.05, 0.1) is 11.3 Å². The fourth-order valence-corrected chi connectivity index (χ4v) is 3.40. The number of anilines is 1. The highest BCUT2D eigenvalue weighted by Crippen LogP contribution is 2.52. The number of nitrogens with zero attached hydrogens (tertiary/aromatic N) is 1. The molecule has 0 saturated heterocycles. The predicted octanol–water partition coefficient (Wildman–Crippen LogP) is 5.47. The maximum atomic E-state index is 13.7. The van der Waals surface area contributed by atoms with Crippen molar-refractivity contribution in [2.75, 3.05) is 5.73 Å². The molecular weight excluding hydrogens is 353 g/mol. The molecule has 3 nitrogen and oxygen atoms in total. The largest absolute Gasteiger partial charge is 0.475 e. The number of nitriles is 1. The molecule has 1 aliphatic rings. The first-order valence-electron chi connectivity index (χ1n) is 8.16. The Morgan fingerprint density at radius 2 is 1.59 bits per heavy atom. The highest BCUT2D eigenvalue weighted by atomic mass is 19.4. The van der Waals surface area contributed by atoms with Crippen LogP contribution in [0.15, 0.2) is 60.7 Å². The van der Waals surface area contributed by atoms with E-state index in [-0.39, 0.29) is 22.6 Å². The second kappa shape index (κ2) is 6.06. The van der Waals surface area contributed by atoms with Crippen molar-refractivity contribution in [1.82, 2.24) is 0 Å². The van der Waals surface area contributed by atoms with Crippen molar-refractivity contribution in [3.8, 4) is 34.1 Å². The Balaban J connectivity index is 2.09. The molecule has 2 N–H and O–H groups in total. The van der Waals surface area contributed by atoms with Crippen LogP contribution < -0.4 is 10.5 Å². The van der Waals surface area contributed by atoms with E-state index in [4.69, 9.17) is 10.5 Å². The van der Waals surface area contributed by atoms with Crippen molar-refractivity contribution < 1.29 is 17.9 Å². The zero-order valence-electron chi connectivity index (χ0n) is 13.9. The van der Waals surface area contributed by atoms with Gasteiger partial charge in [0.15, 0.2) is 0 Å². The first-order valence-corrected chi connectivity index (χ1v) is 8.16. The molecule has 0 radical (unpaired) electrons. The molecular formula is C21H13F3N2O. The van der Waals surface area contributed by atoms with Gasteiger partial charge in [0.25, 0.3) is 0 Å². The molecule has 4 rings (SSSR count). The number of rotatable bonds is 1. The van der Waals surface area contributed by atoms with E-state index in [0.717, 1.165) is 0 Å². The number of ether oxygens (including phenoxy) is 1. The Hall–Kier alpha value is -3.46. The molecule has 0 spiro atoms. The van der Waals surface area contributed by atoms with Gasteiger partial charge in [0, 0.05) is 16.7 Å². The van der Waals surface area contributed by atoms with Gasteiger partial charge < -0.3 is 10.5 Å². The average molecular weight is 366 g/mol. The highest BCUT2D eigenvalue weighted by Gasteiger charge is 2.48. The summed E-state index contributed by atoms with van der Waals surface area (Å²) in [6.07, 6.45) is -6.89. The zero-order chi connectivity index (χ0) is 19.2. The van der Waals surface area contributed by atoms with Gasteiger partial charge in [-0.1, -0.05) is 48.5 Å². The first kappa shape index (κ1) is 17.0. The maximum Gasteiger partial charge on any atom is 0.429 e. The van der Waals surface area contributed by atoms with E-state index in [0.29, 0.717) is 22.3 Å². The molecule has 6 heteroatoms. The number of fused-ring (bicyclic) bond motifs is 3. The molecule has 0 amide bonds. The van der Waals surface area contributed by atoms with Gasteiger partial charge in [-0.15, -0.1) is 0 Å². The normalized spacial score (nSPS) is 15.3. The van der Waals surface area contributed by atoms with E-state index in [1.165, 1.54) is 6.07 Å². The van der Waals surface area contributed by atoms with Crippen LogP contribution in [0.2, 0.25) is 0 Å². The van der Waals surface area contributed by atoms with E-state index in [9.17, 15) is 18.4 Å². The van der Waals surface area contributed by atoms with E-state index in [2.05, 4.69) is 0 Å². The van der Waals surface area contributed by atoms with Crippen LogP contribution in [0, 0.1) is 11.3 Å². The third-order valence-corrected chi connectivity index (χ3v) is 4.59. The van der Waals surface area contributed by atoms with Gasteiger partial charge in [-0.05, 0) is 23.3 Å². The maximum absolute atomic E-state index is 13.7. The molecule has 0 bridgehead atoms. The molecule has 0 aliphatic carbocycles. The van der Waals surface area contributed by atoms with Crippen LogP contribution in [0.5, 0.6) is 5.75 Å². The van der Waals surface area contributed by atoms with Gasteiger partial charge in [-0.3, -0.25) is 0 Å². The van der Waals surface area contributed by atoms with Crippen molar-refractivity contribution in [3.63, 3.8) is 0 Å². The van der Waals surface area contributed by atoms with Crippen LogP contribution in [0.3, 0.4) is 0 Å². The summed E-state index contributed by atoms with van der Waals surface area (Å²) < 4.78 is 46.3. The smallest absolute Gasteiger partial charge is 0.429 e. The lowest BCUT2D eigenvalue weighted by Gasteiger charge is -2.32. The molecule has 1 unspecified atom stereocenters. The highest BCUT2D eigenvalue weighted by molar-refractivity contribution is 5.90. The van der Waals surface area contributed by atoms with Gasteiger partial charge in [-0.25, -0.2) is 0 Å². The van der Waals surface area contributed by atoms with Crippen LogP contribution in [0.25, 0.3) is 22.3 Å². The molecule has 0 aromatic heterocycles. The summed E-state index contributed by atoms with van der Waals surface area (Å²) in [5, 5.41) is 9.59. The number of para-hydroxylation sites is 1. The molecule has 3 aromatic carbocycles. The molecule has 27 heavy (non-hydrogen) atoms. The summed E-state index contributed by atoms with van der Waals surface area (Å²) in [6, 6.07) is 19.0. The van der Waals surface area contributed by atoms with Gasteiger partial charge in [0.2, 0.25) is 6.10 Å². The minimum atomic E-state index is -4.67. The summed E-state index contributed by atoms with van der Waals surface area (Å²) in [5.74, 6) is 0.135. The second-order valence-electron chi connectivity index (χ2n) is 6.19. The Morgan fingerprint density at radius 1 is 0.926 bits per heavy atom. The molecule has 134 valence electrons. The van der Waals surface area contributed by atoms with Crippen molar-refractivity contribution >= 4 is 5.69 Å². The number of hydrogen-bond acceptors (Lipinski definition) is 3. The van der Waals surface area contributed by atoms with Crippen molar-refractivity contribution in [3.05, 3.63) is 71.8 Å². The Bertz CT molecular complexity index is 1070. The summed E-state index contributed by atoms with van der Waals surface area (Å²) in [5.41, 5.74) is 7.73. The minimum absolute atomic E-state index is 0.0113. The van der Waals surface area contributed by atoms with Crippen LogP contribution in [-0.4, -0.2) is 6.18 Å². The summed E-state index contributed by atoms with van der Waals surface area (Å²) in [4.78, 5) is 0. The monoisotopic (exact) mass is 366 g/mol. The number of nitrogens with two attached hydrogens (primary N) is 1. The average Bonchev–Trinajstić information content (AvgIpc) is 2.67. The van der Waals surface area contributed by atoms with Gasteiger partial charge >= 0.3 is 6.18 Å². The lowest BCUT2D eigenvalue weighted by molar-refractivity contribution is -0.198. The molecule has 1 atom stereocenters. The molecule has 0 saturated carbocycles. The SMILES string of the molecule is N#Cc1c(-c2ccccc2)cc2c(c1N)C(C(F)(F)F)Oc1ccccc1-2. The van der Waals surface area contributed by atoms with E-state index < -0.39 is 12.3 Å². The Labute approximate surface area is 153 Å². The quantitative estimate of drug-likeness (QED) is 0.581. The number of hydrogen-bond donors (Lipinski definition) is 1. The Kier molecular flexibility index (Phi) is 3.81. The van der Waals surface area contributed by atoms with Crippen molar-refractivity contribution in [2.45, 2.75) is 12.3 Å². The van der Waals surface area contributed by atoms with E-state index in [1.807, 2.05) is 12.1 Å². The number of nitrogen functional groups attached to an aromatic ring is 1. The zero-order valence-corrected chi connectivity index (χ0v) is 13.9. The van der Waals surface area contributed by atoms with Crippen LogP contribution in [-0.2, 0) is 0 Å². The standard InChI is InChI=1S/C21H13F3N2O/c22-21(23,24)20-18-15(13-8-4-5-9-17(13)27-20)10-14(16(11-25)19(18)26)12-6-2-1-3-7-12/h1-10,20H,26H2. The lowest BCUT2D eigenvalue weighted by atomic mass is 9.85. The van der Waals surface area contributed by atoms with Gasteiger partial charge in [0.1, 0.15) is 11.8 Å². The number of alkyl halides is 3. The summed E-state index contributed by atoms with van der Waals surface area (Å²) >= 11 is 0. The fraction of sp³-hybridized carbons (Fsp3) is 0.0952. The van der Waals surface area contributed by atoms with Crippen LogP contribution in [0.4, 0.5) is 18.9 Å². The second-order valence-corrected chi connectivity index (χ2v) is 6.19.